The minimum atomic E-state index is -4.77. The third-order valence-corrected chi connectivity index (χ3v) is 7.86. The molecule has 1 amide bonds. The second-order valence-corrected chi connectivity index (χ2v) is 12.2. The van der Waals surface area contributed by atoms with Crippen LogP contribution in [0.15, 0.2) is 42.6 Å². The highest BCUT2D eigenvalue weighted by molar-refractivity contribution is 7.57. The van der Waals surface area contributed by atoms with Gasteiger partial charge in [-0.25, -0.2) is 4.98 Å². The summed E-state index contributed by atoms with van der Waals surface area (Å²) in [5.41, 5.74) is 1.51. The topological polar surface area (TPSA) is 117 Å². The molecule has 0 saturated heterocycles. The van der Waals surface area contributed by atoms with Crippen molar-refractivity contribution in [2.45, 2.75) is 38.8 Å². The van der Waals surface area contributed by atoms with Crippen molar-refractivity contribution in [1.82, 2.24) is 14.9 Å². The third-order valence-electron chi connectivity index (χ3n) is 6.11. The number of fused-ring (bicyclic) bond motifs is 1. The van der Waals surface area contributed by atoms with Crippen LogP contribution in [0.1, 0.15) is 46.5 Å². The van der Waals surface area contributed by atoms with Crippen molar-refractivity contribution >= 4 is 36.4 Å². The van der Waals surface area contributed by atoms with Gasteiger partial charge >= 0.3 is 6.18 Å². The molecule has 0 fully saturated rings. The van der Waals surface area contributed by atoms with Crippen molar-refractivity contribution in [3.05, 3.63) is 70.4 Å². The Hall–Kier alpha value is -3.91. The van der Waals surface area contributed by atoms with E-state index in [4.69, 9.17) is 4.52 Å². The standard InChI is InChI=1S/C28H29F3N5O4P/c1-5-40-41(4,39)16-18-7-11-20(12-8-18)33-27-32-14-22(28(29,30)31)25(35-27)34-23-13-10-19(9-6-17(2)37)21-15-36(3)26(38)24(21)23/h7-8,10-14,17,37H,5,15-16H2,1-4H3,(H2,32,33,34,35). The second kappa shape index (κ2) is 11.9. The smallest absolute Gasteiger partial charge is 0.381 e. The highest BCUT2D eigenvalue weighted by Crippen LogP contribution is 2.46. The van der Waals surface area contributed by atoms with E-state index in [1.807, 2.05) is 0 Å². The molecule has 1 aliphatic rings. The summed E-state index contributed by atoms with van der Waals surface area (Å²) in [5, 5.41) is 15.1. The fraction of sp³-hybridized carbons (Fsp3) is 0.321. The van der Waals surface area contributed by atoms with Gasteiger partial charge in [0.15, 0.2) is 0 Å². The molecule has 216 valence electrons. The van der Waals surface area contributed by atoms with Crippen molar-refractivity contribution in [2.75, 3.05) is 31.0 Å². The number of aliphatic hydroxyl groups excluding tert-OH is 1. The zero-order valence-electron chi connectivity index (χ0n) is 22.8. The maximum Gasteiger partial charge on any atom is 0.421 e. The van der Waals surface area contributed by atoms with E-state index in [2.05, 4.69) is 32.4 Å². The first-order valence-electron chi connectivity index (χ1n) is 12.7. The maximum absolute atomic E-state index is 13.9. The molecule has 9 nitrogen and oxygen atoms in total. The first-order valence-corrected chi connectivity index (χ1v) is 14.9. The number of alkyl halides is 3. The number of nitrogens with zero attached hydrogens (tertiary/aromatic N) is 3. The first kappa shape index (κ1) is 30.1. The fourth-order valence-electron chi connectivity index (χ4n) is 4.30. The van der Waals surface area contributed by atoms with Gasteiger partial charge in [0.25, 0.3) is 5.91 Å². The first-order chi connectivity index (χ1) is 19.3. The van der Waals surface area contributed by atoms with Gasteiger partial charge in [-0.2, -0.15) is 18.2 Å². The molecule has 3 N–H and O–H groups in total. The van der Waals surface area contributed by atoms with Crippen LogP contribution in [0, 0.1) is 11.8 Å². The van der Waals surface area contributed by atoms with Crippen LogP contribution in [0.3, 0.4) is 0 Å². The zero-order valence-corrected chi connectivity index (χ0v) is 23.7. The van der Waals surface area contributed by atoms with E-state index >= 15 is 0 Å². The van der Waals surface area contributed by atoms with Crippen molar-refractivity contribution in [3.63, 3.8) is 0 Å². The molecule has 0 saturated carbocycles. The highest BCUT2D eigenvalue weighted by atomic mass is 31.2. The van der Waals surface area contributed by atoms with Crippen LogP contribution < -0.4 is 10.6 Å². The molecule has 0 bridgehead atoms. The Morgan fingerprint density at radius 1 is 1.20 bits per heavy atom. The lowest BCUT2D eigenvalue weighted by molar-refractivity contribution is -0.137. The molecule has 2 heterocycles. The lowest BCUT2D eigenvalue weighted by Crippen LogP contribution is -2.18. The summed E-state index contributed by atoms with van der Waals surface area (Å²) >= 11 is 0. The number of rotatable bonds is 8. The van der Waals surface area contributed by atoms with E-state index < -0.39 is 31.0 Å². The molecular weight excluding hydrogens is 558 g/mol. The summed E-state index contributed by atoms with van der Waals surface area (Å²) < 4.78 is 59.5. The molecule has 41 heavy (non-hydrogen) atoms. The monoisotopic (exact) mass is 587 g/mol. The Labute approximate surface area is 235 Å². The number of carbonyl (C=O) groups is 1. The van der Waals surface area contributed by atoms with Crippen LogP contribution in [-0.2, 0) is 28.0 Å². The Kier molecular flexibility index (Phi) is 8.73. The van der Waals surface area contributed by atoms with Gasteiger partial charge in [0.2, 0.25) is 13.3 Å². The molecule has 3 aromatic rings. The van der Waals surface area contributed by atoms with E-state index in [1.165, 1.54) is 17.9 Å². The van der Waals surface area contributed by atoms with Crippen LogP contribution in [0.5, 0.6) is 0 Å². The van der Waals surface area contributed by atoms with Gasteiger partial charge in [-0.1, -0.05) is 24.0 Å². The lowest BCUT2D eigenvalue weighted by Gasteiger charge is -2.17. The number of nitrogens with one attached hydrogen (secondary N) is 2. The summed E-state index contributed by atoms with van der Waals surface area (Å²) in [7, 11) is -1.21. The lowest BCUT2D eigenvalue weighted by atomic mass is 10.0. The number of aliphatic hydroxyl groups is 1. The van der Waals surface area contributed by atoms with Gasteiger partial charge in [0.1, 0.15) is 17.5 Å². The molecule has 2 aromatic carbocycles. The Balaban J connectivity index is 1.65. The average molecular weight is 588 g/mol. The Morgan fingerprint density at radius 3 is 2.54 bits per heavy atom. The predicted octanol–water partition coefficient (Wildman–Crippen LogP) is 5.74. The molecule has 0 aliphatic carbocycles. The number of amides is 1. The summed E-state index contributed by atoms with van der Waals surface area (Å²) in [6, 6.07) is 9.85. The van der Waals surface area contributed by atoms with Crippen LogP contribution in [-0.4, -0.2) is 52.3 Å². The number of halogens is 3. The summed E-state index contributed by atoms with van der Waals surface area (Å²) in [6.07, 6.45) is -4.76. The minimum absolute atomic E-state index is 0.108. The van der Waals surface area contributed by atoms with Crippen molar-refractivity contribution in [2.24, 2.45) is 0 Å². The number of hydrogen-bond acceptors (Lipinski definition) is 8. The van der Waals surface area contributed by atoms with E-state index in [9.17, 15) is 27.6 Å². The molecular formula is C28H29F3N5O4P. The third kappa shape index (κ3) is 7.24. The molecule has 1 aliphatic heterocycles. The SMILES string of the molecule is CCOP(C)(=O)Cc1ccc(Nc2ncc(C(F)(F)F)c(Nc3ccc(C#CC(C)O)c4c3C(=O)N(C)C4)n2)cc1. The molecule has 13 heteroatoms. The molecule has 0 spiro atoms. The zero-order chi connectivity index (χ0) is 29.9. The Bertz CT molecular complexity index is 1570. The van der Waals surface area contributed by atoms with Crippen molar-refractivity contribution in [1.29, 1.82) is 0 Å². The average Bonchev–Trinajstić information content (AvgIpc) is 3.18. The quantitative estimate of drug-likeness (QED) is 0.226. The van der Waals surface area contributed by atoms with Gasteiger partial charge in [-0.05, 0) is 43.7 Å². The van der Waals surface area contributed by atoms with E-state index in [-0.39, 0.29) is 35.8 Å². The van der Waals surface area contributed by atoms with Crippen LogP contribution in [0.4, 0.5) is 36.3 Å². The van der Waals surface area contributed by atoms with Gasteiger partial charge < -0.3 is 25.2 Å². The number of aromatic nitrogens is 2. The van der Waals surface area contributed by atoms with Gasteiger partial charge in [0.05, 0.1) is 17.9 Å². The predicted molar refractivity (Wildman–Crippen MR) is 150 cm³/mol. The van der Waals surface area contributed by atoms with E-state index in [0.717, 1.165) is 5.56 Å². The number of anilines is 4. The molecule has 1 aromatic heterocycles. The Morgan fingerprint density at radius 2 is 1.90 bits per heavy atom. The number of benzene rings is 2. The normalized spacial score (nSPS) is 15.0. The van der Waals surface area contributed by atoms with E-state index in [0.29, 0.717) is 29.6 Å². The molecule has 2 atom stereocenters. The summed E-state index contributed by atoms with van der Waals surface area (Å²) in [4.78, 5) is 22.3. The van der Waals surface area contributed by atoms with Crippen molar-refractivity contribution in [3.8, 4) is 11.8 Å². The van der Waals surface area contributed by atoms with Gasteiger partial charge in [0, 0.05) is 49.4 Å². The number of hydrogen-bond donors (Lipinski definition) is 3. The summed E-state index contributed by atoms with van der Waals surface area (Å²) in [5.74, 6) is 4.42. The number of carbonyl (C=O) groups excluding carboxylic acids is 1. The van der Waals surface area contributed by atoms with Crippen LogP contribution in [0.25, 0.3) is 0 Å². The van der Waals surface area contributed by atoms with Gasteiger partial charge in [-0.3, -0.25) is 9.36 Å². The second-order valence-electron chi connectivity index (χ2n) is 9.61. The maximum atomic E-state index is 13.9. The van der Waals surface area contributed by atoms with Crippen molar-refractivity contribution < 1.29 is 32.2 Å². The van der Waals surface area contributed by atoms with Gasteiger partial charge in [-0.15, -0.1) is 0 Å². The molecule has 4 rings (SSSR count). The largest absolute Gasteiger partial charge is 0.421 e. The highest BCUT2D eigenvalue weighted by Gasteiger charge is 2.36. The minimum Gasteiger partial charge on any atom is -0.381 e. The van der Waals surface area contributed by atoms with Crippen LogP contribution in [0.2, 0.25) is 0 Å². The molecule has 2 unspecified atom stereocenters. The van der Waals surface area contributed by atoms with E-state index in [1.54, 1.807) is 51.0 Å². The summed E-state index contributed by atoms with van der Waals surface area (Å²) in [6.45, 7) is 5.38. The van der Waals surface area contributed by atoms with Crippen LogP contribution >= 0.6 is 7.37 Å². The molecule has 0 radical (unpaired) electrons. The fourth-order valence-corrected chi connectivity index (χ4v) is 5.82.